The molecule has 2 amide bonds. The molecule has 10 heteroatoms. The smallest absolute Gasteiger partial charge is 0.231 e. The molecule has 1 heterocycles. The van der Waals surface area contributed by atoms with Crippen LogP contribution in [0.25, 0.3) is 0 Å². The number of carbonyl (C=O) groups is 2. The van der Waals surface area contributed by atoms with Crippen molar-refractivity contribution in [3.05, 3.63) is 34.3 Å². The average molecular weight is 588 g/mol. The molecule has 0 aliphatic heterocycles. The number of ether oxygens (including phenoxy) is 2. The number of carbonyl (C=O) groups excluding carboxylic acids is 2. The zero-order valence-corrected chi connectivity index (χ0v) is 26.1. The number of hydrogen-bond acceptors (Lipinski definition) is 8. The maximum atomic E-state index is 13.4. The predicted molar refractivity (Wildman–Crippen MR) is 160 cm³/mol. The van der Waals surface area contributed by atoms with Crippen LogP contribution in [0.2, 0.25) is 0 Å². The van der Waals surface area contributed by atoms with Crippen molar-refractivity contribution >= 4 is 28.3 Å². The first kappa shape index (κ1) is 31.3. The molecular weight excluding hydrogens is 542 g/mol. The molecule has 4 rings (SSSR count). The molecule has 0 saturated heterocycles. The Kier molecular flexibility index (Phi) is 9.07. The van der Waals surface area contributed by atoms with Crippen LogP contribution in [0.15, 0.2) is 18.2 Å². The van der Waals surface area contributed by atoms with Crippen LogP contribution in [0.1, 0.15) is 75.9 Å². The van der Waals surface area contributed by atoms with Gasteiger partial charge >= 0.3 is 0 Å². The Hall–Kier alpha value is -2.69. The number of thiazole rings is 1. The van der Waals surface area contributed by atoms with Gasteiger partial charge in [0.05, 0.1) is 32.6 Å². The monoisotopic (exact) mass is 587 g/mol. The Bertz CT molecular complexity index is 1270. The summed E-state index contributed by atoms with van der Waals surface area (Å²) in [6.45, 7) is 10.0. The second-order valence-corrected chi connectivity index (χ2v) is 14.1. The molecule has 2 aliphatic carbocycles. The van der Waals surface area contributed by atoms with Gasteiger partial charge in [-0.05, 0) is 54.7 Å². The largest absolute Gasteiger partial charge is 0.493 e. The fourth-order valence-corrected chi connectivity index (χ4v) is 7.69. The van der Waals surface area contributed by atoms with Crippen LogP contribution >= 0.6 is 11.3 Å². The molecule has 2 aliphatic rings. The van der Waals surface area contributed by atoms with Crippen molar-refractivity contribution in [2.45, 2.75) is 78.7 Å². The average Bonchev–Trinajstić information content (AvgIpc) is 3.33. The number of amides is 2. The zero-order chi connectivity index (χ0) is 30.2. The van der Waals surface area contributed by atoms with E-state index in [1.54, 1.807) is 14.2 Å². The minimum Gasteiger partial charge on any atom is -0.493 e. The number of nitrogens with zero attached hydrogens (tertiary/aromatic N) is 1. The fraction of sp³-hybridized carbons (Fsp3) is 0.645. The van der Waals surface area contributed by atoms with Gasteiger partial charge in [0.1, 0.15) is 0 Å². The minimum absolute atomic E-state index is 0.0487. The van der Waals surface area contributed by atoms with Crippen molar-refractivity contribution in [1.29, 1.82) is 0 Å². The number of anilines is 1. The van der Waals surface area contributed by atoms with Gasteiger partial charge in [0, 0.05) is 34.6 Å². The summed E-state index contributed by atoms with van der Waals surface area (Å²) in [6, 6.07) is 5.72. The summed E-state index contributed by atoms with van der Waals surface area (Å²) in [6.07, 6.45) is 2.15. The van der Waals surface area contributed by atoms with E-state index in [1.165, 1.54) is 11.3 Å². The molecule has 226 valence electrons. The van der Waals surface area contributed by atoms with Crippen molar-refractivity contribution in [1.82, 2.24) is 10.3 Å². The minimum atomic E-state index is -0.703. The summed E-state index contributed by atoms with van der Waals surface area (Å²) in [5.41, 5.74) is 0.243. The van der Waals surface area contributed by atoms with Crippen LogP contribution in [0.4, 0.5) is 5.13 Å². The molecule has 2 aromatic rings. The van der Waals surface area contributed by atoms with Crippen molar-refractivity contribution in [3.8, 4) is 11.5 Å². The van der Waals surface area contributed by atoms with Crippen LogP contribution in [-0.4, -0.2) is 60.5 Å². The van der Waals surface area contributed by atoms with E-state index in [9.17, 15) is 19.8 Å². The molecule has 41 heavy (non-hydrogen) atoms. The van der Waals surface area contributed by atoms with Crippen LogP contribution < -0.4 is 20.1 Å². The van der Waals surface area contributed by atoms with Crippen molar-refractivity contribution in [3.63, 3.8) is 0 Å². The Balaban J connectivity index is 1.57. The van der Waals surface area contributed by atoms with Gasteiger partial charge < -0.3 is 30.3 Å². The molecule has 5 atom stereocenters. The summed E-state index contributed by atoms with van der Waals surface area (Å²) in [5, 5.41) is 28.0. The second kappa shape index (κ2) is 11.9. The van der Waals surface area contributed by atoms with Gasteiger partial charge in [-0.15, -0.1) is 11.3 Å². The highest BCUT2D eigenvalue weighted by Crippen LogP contribution is 2.62. The molecule has 5 unspecified atom stereocenters. The first-order chi connectivity index (χ1) is 19.3. The highest BCUT2D eigenvalue weighted by Gasteiger charge is 2.59. The predicted octanol–water partition coefficient (Wildman–Crippen LogP) is 4.31. The van der Waals surface area contributed by atoms with Gasteiger partial charge in [-0.2, -0.15) is 0 Å². The van der Waals surface area contributed by atoms with Gasteiger partial charge in [0.2, 0.25) is 11.8 Å². The van der Waals surface area contributed by atoms with E-state index in [-0.39, 0.29) is 42.1 Å². The van der Waals surface area contributed by atoms with Gasteiger partial charge in [0.25, 0.3) is 0 Å². The van der Waals surface area contributed by atoms with E-state index >= 15 is 0 Å². The van der Waals surface area contributed by atoms with Gasteiger partial charge in [0.15, 0.2) is 16.6 Å². The van der Waals surface area contributed by atoms with Gasteiger partial charge in [-0.25, -0.2) is 4.98 Å². The quantitative estimate of drug-likeness (QED) is 0.344. The van der Waals surface area contributed by atoms with Gasteiger partial charge in [-0.3, -0.25) is 9.59 Å². The summed E-state index contributed by atoms with van der Waals surface area (Å²) in [5.74, 6) is 0.847. The maximum absolute atomic E-state index is 13.4. The van der Waals surface area contributed by atoms with Crippen LogP contribution in [0.5, 0.6) is 11.5 Å². The lowest BCUT2D eigenvalue weighted by atomic mass is 9.47. The lowest BCUT2D eigenvalue weighted by molar-refractivity contribution is -0.144. The highest BCUT2D eigenvalue weighted by molar-refractivity contribution is 7.15. The summed E-state index contributed by atoms with van der Waals surface area (Å²) in [7, 11) is 3.19. The molecular formula is C31H45N3O6S. The Morgan fingerprint density at radius 1 is 1.17 bits per heavy atom. The number of rotatable bonds is 9. The fourth-order valence-electron chi connectivity index (χ4n) is 6.62. The third-order valence-electron chi connectivity index (χ3n) is 9.37. The Morgan fingerprint density at radius 3 is 2.51 bits per heavy atom. The van der Waals surface area contributed by atoms with Crippen LogP contribution in [0, 0.1) is 22.2 Å². The number of aliphatic hydroxyl groups is 2. The van der Waals surface area contributed by atoms with E-state index in [1.807, 2.05) is 45.9 Å². The topological polar surface area (TPSA) is 130 Å². The SMILES string of the molecule is COc1ccc(CCNC(=O)CC2c3nc(NC(=O)C(C)(C)C)sc3CC3C(C)(CO)C(O)CCC23C)cc1OC. The molecule has 1 aromatic heterocycles. The zero-order valence-electron chi connectivity index (χ0n) is 25.3. The number of aromatic nitrogens is 1. The molecule has 1 fully saturated rings. The second-order valence-electron chi connectivity index (χ2n) is 13.1. The Labute approximate surface area is 247 Å². The molecule has 9 nitrogen and oxygen atoms in total. The van der Waals surface area contributed by atoms with Crippen molar-refractivity contribution in [2.75, 3.05) is 32.7 Å². The van der Waals surface area contributed by atoms with Gasteiger partial charge in [-0.1, -0.05) is 40.7 Å². The molecule has 0 radical (unpaired) electrons. The lowest BCUT2D eigenvalue weighted by Gasteiger charge is -2.58. The summed E-state index contributed by atoms with van der Waals surface area (Å²) < 4.78 is 10.7. The molecule has 0 bridgehead atoms. The van der Waals surface area contributed by atoms with E-state index in [4.69, 9.17) is 14.5 Å². The molecule has 4 N–H and O–H groups in total. The Morgan fingerprint density at radius 2 is 1.88 bits per heavy atom. The third kappa shape index (κ3) is 6.10. The first-order valence-electron chi connectivity index (χ1n) is 14.3. The van der Waals surface area contributed by atoms with E-state index in [0.29, 0.717) is 42.4 Å². The standard InChI is InChI=1S/C31H45N3O6S/c1-29(2,3)27(38)34-28-33-26-19(15-25(37)32-13-11-18-8-9-20(39-6)21(14-18)40-7)30(4)12-10-24(36)31(5,17-35)23(30)16-22(26)41-28/h8-9,14,19,23-24,35-36H,10-13,15-17H2,1-7H3,(H,32,37)(H,33,34,38). The van der Waals surface area contributed by atoms with Crippen LogP contribution in [-0.2, 0) is 22.4 Å². The number of fused-ring (bicyclic) bond motifs is 2. The maximum Gasteiger partial charge on any atom is 0.231 e. The van der Waals surface area contributed by atoms with Crippen molar-refractivity contribution in [2.24, 2.45) is 22.2 Å². The molecule has 1 saturated carbocycles. The highest BCUT2D eigenvalue weighted by atomic mass is 32.1. The van der Waals surface area contributed by atoms with E-state index in [2.05, 4.69) is 17.6 Å². The van der Waals surface area contributed by atoms with Crippen molar-refractivity contribution < 1.29 is 29.3 Å². The first-order valence-corrected chi connectivity index (χ1v) is 15.2. The number of benzene rings is 1. The van der Waals surface area contributed by atoms with E-state index < -0.39 is 16.9 Å². The molecule has 1 aromatic carbocycles. The third-order valence-corrected chi connectivity index (χ3v) is 10.4. The normalized spacial score (nSPS) is 27.4. The number of methoxy groups -OCH3 is 2. The summed E-state index contributed by atoms with van der Waals surface area (Å²) >= 11 is 1.44. The molecule has 0 spiro atoms. The van der Waals surface area contributed by atoms with Crippen LogP contribution in [0.3, 0.4) is 0 Å². The number of aliphatic hydroxyl groups excluding tert-OH is 2. The number of hydrogen-bond donors (Lipinski definition) is 4. The summed E-state index contributed by atoms with van der Waals surface area (Å²) in [4.78, 5) is 32.0. The lowest BCUT2D eigenvalue weighted by Crippen LogP contribution is -2.57. The van der Waals surface area contributed by atoms with E-state index in [0.717, 1.165) is 22.6 Å². The number of nitrogens with one attached hydrogen (secondary N) is 2.